The molecular weight excluding hydrogens is 394 g/mol. The molecule has 0 unspecified atom stereocenters. The van der Waals surface area contributed by atoms with E-state index in [9.17, 15) is 0 Å². The highest BCUT2D eigenvalue weighted by molar-refractivity contribution is 6.33. The summed E-state index contributed by atoms with van der Waals surface area (Å²) in [4.78, 5) is 16.3. The Kier molecular flexibility index (Phi) is 4.65. The number of H-pyrrole nitrogens is 1. The van der Waals surface area contributed by atoms with Crippen molar-refractivity contribution in [3.63, 3.8) is 0 Å². The second kappa shape index (κ2) is 7.61. The van der Waals surface area contributed by atoms with E-state index in [1.807, 2.05) is 54.6 Å². The number of hydrogen-bond donors (Lipinski definition) is 2. The normalized spacial score (nSPS) is 11.5. The van der Waals surface area contributed by atoms with Crippen molar-refractivity contribution in [2.24, 2.45) is 0 Å². The van der Waals surface area contributed by atoms with Gasteiger partial charge in [0, 0.05) is 0 Å². The fraction of sp³-hybridized carbons (Fsp3) is 0.0417. The lowest BCUT2D eigenvalue weighted by atomic mass is 9.77. The van der Waals surface area contributed by atoms with Crippen molar-refractivity contribution in [1.82, 2.24) is 19.9 Å². The van der Waals surface area contributed by atoms with Gasteiger partial charge in [0.15, 0.2) is 10.8 Å². The highest BCUT2D eigenvalue weighted by atomic mass is 35.5. The molecule has 0 amide bonds. The average molecular weight is 412 g/mol. The van der Waals surface area contributed by atoms with Crippen molar-refractivity contribution in [2.75, 3.05) is 5.32 Å². The van der Waals surface area contributed by atoms with E-state index >= 15 is 0 Å². The van der Waals surface area contributed by atoms with Crippen molar-refractivity contribution in [3.05, 3.63) is 119 Å². The largest absolute Gasteiger partial charge is 0.341 e. The van der Waals surface area contributed by atoms with E-state index in [0.29, 0.717) is 22.3 Å². The maximum absolute atomic E-state index is 6.41. The molecule has 0 saturated heterocycles. The molecular formula is C24H18ClN5. The summed E-state index contributed by atoms with van der Waals surface area (Å²) < 4.78 is 0. The van der Waals surface area contributed by atoms with Crippen LogP contribution in [-0.2, 0) is 5.54 Å². The Balaban J connectivity index is 1.78. The molecule has 3 aromatic carbocycles. The van der Waals surface area contributed by atoms with Gasteiger partial charge in [0.25, 0.3) is 0 Å². The van der Waals surface area contributed by atoms with Gasteiger partial charge < -0.3 is 10.3 Å². The fourth-order valence-corrected chi connectivity index (χ4v) is 4.02. The first kappa shape index (κ1) is 18.3. The van der Waals surface area contributed by atoms with Gasteiger partial charge in [-0.1, -0.05) is 103 Å². The Hall–Kier alpha value is -3.70. The summed E-state index contributed by atoms with van der Waals surface area (Å²) in [5.74, 6) is 0.399. The van der Waals surface area contributed by atoms with E-state index in [0.717, 1.165) is 16.7 Å². The number of rotatable bonds is 5. The van der Waals surface area contributed by atoms with E-state index in [1.54, 1.807) is 6.33 Å². The topological polar surface area (TPSA) is 66.5 Å². The first-order chi connectivity index (χ1) is 14.8. The molecule has 0 bridgehead atoms. The Morgan fingerprint density at radius 2 is 1.20 bits per heavy atom. The van der Waals surface area contributed by atoms with Crippen LogP contribution >= 0.6 is 11.6 Å². The van der Waals surface area contributed by atoms with Crippen LogP contribution in [0.1, 0.15) is 16.7 Å². The van der Waals surface area contributed by atoms with Crippen molar-refractivity contribution in [3.8, 4) is 0 Å². The van der Waals surface area contributed by atoms with Gasteiger partial charge in [0.05, 0.1) is 6.33 Å². The molecule has 0 aliphatic rings. The summed E-state index contributed by atoms with van der Waals surface area (Å²) in [5, 5.41) is 3.93. The predicted molar refractivity (Wildman–Crippen MR) is 120 cm³/mol. The van der Waals surface area contributed by atoms with Crippen molar-refractivity contribution >= 4 is 28.7 Å². The highest BCUT2D eigenvalue weighted by Crippen LogP contribution is 2.39. The lowest BCUT2D eigenvalue weighted by molar-refractivity contribution is 0.701. The van der Waals surface area contributed by atoms with E-state index in [2.05, 4.69) is 61.7 Å². The molecule has 0 radical (unpaired) electrons. The summed E-state index contributed by atoms with van der Waals surface area (Å²) in [6.45, 7) is 0. The standard InChI is InChI=1S/C24H18ClN5/c25-21-20-22(27-16-26-20)29-23(28-21)30-24(17-10-4-1-5-11-17,18-12-6-2-7-13-18)19-14-8-3-9-15-19/h1-16H,(H2,26,27,28,29,30). The molecule has 5 rings (SSSR count). The van der Waals surface area contributed by atoms with Gasteiger partial charge in [-0.3, -0.25) is 0 Å². The molecule has 0 fully saturated rings. The van der Waals surface area contributed by atoms with E-state index < -0.39 is 5.54 Å². The molecule has 0 atom stereocenters. The average Bonchev–Trinajstić information content (AvgIpc) is 3.29. The maximum Gasteiger partial charge on any atom is 0.227 e. The number of hydrogen-bond acceptors (Lipinski definition) is 4. The molecule has 5 nitrogen and oxygen atoms in total. The van der Waals surface area contributed by atoms with Crippen LogP contribution in [0.15, 0.2) is 97.3 Å². The summed E-state index contributed by atoms with van der Waals surface area (Å²) in [7, 11) is 0. The van der Waals surface area contributed by atoms with Crippen LogP contribution in [-0.4, -0.2) is 19.9 Å². The molecule has 2 heterocycles. The Labute approximate surface area is 178 Å². The molecule has 6 heteroatoms. The van der Waals surface area contributed by atoms with Crippen molar-refractivity contribution in [2.45, 2.75) is 5.54 Å². The number of nitrogens with zero attached hydrogens (tertiary/aromatic N) is 3. The second-order valence-corrected chi connectivity index (χ2v) is 7.27. The van der Waals surface area contributed by atoms with Crippen LogP contribution in [0.2, 0.25) is 5.15 Å². The summed E-state index contributed by atoms with van der Waals surface area (Å²) in [5.41, 5.74) is 3.59. The minimum absolute atomic E-state index is 0.322. The van der Waals surface area contributed by atoms with Gasteiger partial charge in [0.2, 0.25) is 5.95 Å². The quantitative estimate of drug-likeness (QED) is 0.300. The molecule has 2 aromatic heterocycles. The Morgan fingerprint density at radius 1 is 0.700 bits per heavy atom. The molecule has 0 spiro atoms. The molecule has 146 valence electrons. The molecule has 0 aliphatic carbocycles. The minimum atomic E-state index is -0.725. The lowest BCUT2D eigenvalue weighted by Gasteiger charge is -2.36. The predicted octanol–water partition coefficient (Wildman–Crippen LogP) is 5.41. The summed E-state index contributed by atoms with van der Waals surface area (Å²) in [6.07, 6.45) is 1.56. The first-order valence-electron chi connectivity index (χ1n) is 9.59. The number of benzene rings is 3. The van der Waals surface area contributed by atoms with Gasteiger partial charge in [-0.15, -0.1) is 0 Å². The first-order valence-corrected chi connectivity index (χ1v) is 9.96. The number of aromatic nitrogens is 4. The zero-order valence-electron chi connectivity index (χ0n) is 16.0. The van der Waals surface area contributed by atoms with Crippen LogP contribution in [0.4, 0.5) is 5.95 Å². The number of aromatic amines is 1. The number of halogens is 1. The SMILES string of the molecule is Clc1nc(NC(c2ccccc2)(c2ccccc2)c2ccccc2)nc2nc[nH]c12. The zero-order valence-corrected chi connectivity index (χ0v) is 16.7. The third-order valence-corrected chi connectivity index (χ3v) is 5.43. The van der Waals surface area contributed by atoms with Crippen LogP contribution in [0.5, 0.6) is 0 Å². The lowest BCUT2D eigenvalue weighted by Crippen LogP contribution is -2.38. The number of nitrogens with one attached hydrogen (secondary N) is 2. The smallest absolute Gasteiger partial charge is 0.227 e. The maximum atomic E-state index is 6.41. The van der Waals surface area contributed by atoms with Gasteiger partial charge in [-0.2, -0.15) is 9.97 Å². The van der Waals surface area contributed by atoms with E-state index in [-0.39, 0.29) is 0 Å². The number of fused-ring (bicyclic) bond motifs is 1. The monoisotopic (exact) mass is 411 g/mol. The van der Waals surface area contributed by atoms with Crippen molar-refractivity contribution in [1.29, 1.82) is 0 Å². The van der Waals surface area contributed by atoms with Crippen molar-refractivity contribution < 1.29 is 0 Å². The molecule has 2 N–H and O–H groups in total. The van der Waals surface area contributed by atoms with Gasteiger partial charge in [-0.05, 0) is 16.7 Å². The summed E-state index contributed by atoms with van der Waals surface area (Å²) in [6, 6.07) is 30.8. The van der Waals surface area contributed by atoms with Gasteiger partial charge in [-0.25, -0.2) is 4.98 Å². The molecule has 30 heavy (non-hydrogen) atoms. The Bertz CT molecular complexity index is 1170. The van der Waals surface area contributed by atoms with Gasteiger partial charge in [0.1, 0.15) is 11.1 Å². The molecule has 5 aromatic rings. The summed E-state index contributed by atoms with van der Waals surface area (Å²) >= 11 is 6.41. The zero-order chi connectivity index (χ0) is 20.4. The van der Waals surface area contributed by atoms with Gasteiger partial charge >= 0.3 is 0 Å². The third kappa shape index (κ3) is 3.09. The third-order valence-electron chi connectivity index (χ3n) is 5.16. The number of anilines is 1. The fourth-order valence-electron chi connectivity index (χ4n) is 3.80. The highest BCUT2D eigenvalue weighted by Gasteiger charge is 2.37. The minimum Gasteiger partial charge on any atom is -0.341 e. The van der Waals surface area contributed by atoms with Crippen LogP contribution < -0.4 is 5.32 Å². The van der Waals surface area contributed by atoms with Crippen LogP contribution in [0, 0.1) is 0 Å². The van der Waals surface area contributed by atoms with E-state index in [1.165, 1.54) is 0 Å². The Morgan fingerprint density at radius 3 is 1.70 bits per heavy atom. The molecule has 0 aliphatic heterocycles. The number of imidazole rings is 1. The second-order valence-electron chi connectivity index (χ2n) is 6.91. The molecule has 0 saturated carbocycles. The van der Waals surface area contributed by atoms with Crippen LogP contribution in [0.3, 0.4) is 0 Å². The van der Waals surface area contributed by atoms with Crippen LogP contribution in [0.25, 0.3) is 11.2 Å². The van der Waals surface area contributed by atoms with E-state index in [4.69, 9.17) is 11.6 Å².